The Hall–Kier alpha value is -0.670. The number of hydrogen-bond donors (Lipinski definition) is 0. The number of alkyl halides is 1. The summed E-state index contributed by atoms with van der Waals surface area (Å²) < 4.78 is 16.5. The lowest BCUT2D eigenvalue weighted by atomic mass is 10.0. The summed E-state index contributed by atoms with van der Waals surface area (Å²) in [6, 6.07) is 10.1. The number of rotatable bonds is 8. The Morgan fingerprint density at radius 3 is 2.29 bits per heavy atom. The van der Waals surface area contributed by atoms with Gasteiger partial charge in [0.2, 0.25) is 0 Å². The molecule has 0 fully saturated rings. The minimum Gasteiger partial charge on any atom is -0.234 e. The number of nitrogens with zero attached hydrogens (tertiary/aromatic N) is 1. The zero-order valence-corrected chi connectivity index (χ0v) is 14.8. The van der Waals surface area contributed by atoms with Crippen molar-refractivity contribution in [1.82, 2.24) is 0 Å². The standard InChI is InChI=1S/C17H26ClNOS/c1-17(2,3)21(20)19-16(13-9-4-5-10-14-18)15-11-7-6-8-12-15/h6-8,11-12H,4-5,9-10,13-14H2,1-3H3/b19-16+/t21-/m0/s1. The summed E-state index contributed by atoms with van der Waals surface area (Å²) in [6.45, 7) is 5.86. The molecule has 0 spiro atoms. The van der Waals surface area contributed by atoms with Crippen LogP contribution in [0, 0.1) is 0 Å². The summed E-state index contributed by atoms with van der Waals surface area (Å²) in [5.41, 5.74) is 2.03. The van der Waals surface area contributed by atoms with Crippen molar-refractivity contribution in [3.8, 4) is 0 Å². The lowest BCUT2D eigenvalue weighted by molar-refractivity contribution is 0.650. The van der Waals surface area contributed by atoms with Crippen molar-refractivity contribution >= 4 is 28.3 Å². The average molecular weight is 328 g/mol. The van der Waals surface area contributed by atoms with Crippen molar-refractivity contribution in [2.24, 2.45) is 4.40 Å². The van der Waals surface area contributed by atoms with E-state index in [9.17, 15) is 4.21 Å². The van der Waals surface area contributed by atoms with Gasteiger partial charge in [-0.05, 0) is 45.6 Å². The first-order valence-electron chi connectivity index (χ1n) is 7.56. The maximum atomic E-state index is 12.3. The quantitative estimate of drug-likeness (QED) is 0.370. The summed E-state index contributed by atoms with van der Waals surface area (Å²) in [4.78, 5) is 0. The van der Waals surface area contributed by atoms with Crippen molar-refractivity contribution in [1.29, 1.82) is 0 Å². The molecule has 0 saturated carbocycles. The van der Waals surface area contributed by atoms with Crippen LogP contribution in [0.1, 0.15) is 58.4 Å². The molecule has 2 nitrogen and oxygen atoms in total. The van der Waals surface area contributed by atoms with Crippen molar-refractivity contribution < 1.29 is 4.21 Å². The van der Waals surface area contributed by atoms with Gasteiger partial charge in [-0.3, -0.25) is 0 Å². The zero-order valence-electron chi connectivity index (χ0n) is 13.3. The smallest absolute Gasteiger partial charge is 0.145 e. The van der Waals surface area contributed by atoms with Crippen LogP contribution in [0.5, 0.6) is 0 Å². The lowest BCUT2D eigenvalue weighted by Gasteiger charge is -2.15. The first-order valence-corrected chi connectivity index (χ1v) is 9.20. The van der Waals surface area contributed by atoms with E-state index in [0.29, 0.717) is 0 Å². The molecular formula is C17H26ClNOS. The summed E-state index contributed by atoms with van der Waals surface area (Å²) in [5.74, 6) is 0.730. The zero-order chi connectivity index (χ0) is 15.7. The van der Waals surface area contributed by atoms with Crippen LogP contribution in [0.15, 0.2) is 34.7 Å². The monoisotopic (exact) mass is 327 g/mol. The Bertz CT molecular complexity index is 465. The summed E-state index contributed by atoms with van der Waals surface area (Å²) in [5, 5.41) is 0. The highest BCUT2D eigenvalue weighted by Crippen LogP contribution is 2.17. The Morgan fingerprint density at radius 1 is 1.10 bits per heavy atom. The summed E-state index contributed by atoms with van der Waals surface area (Å²) in [7, 11) is -1.21. The predicted molar refractivity (Wildman–Crippen MR) is 94.7 cm³/mol. The topological polar surface area (TPSA) is 29.4 Å². The molecule has 0 aliphatic heterocycles. The molecule has 118 valence electrons. The highest BCUT2D eigenvalue weighted by atomic mass is 35.5. The average Bonchev–Trinajstić information content (AvgIpc) is 2.45. The molecule has 1 aromatic carbocycles. The molecule has 0 saturated heterocycles. The van der Waals surface area contributed by atoms with Gasteiger partial charge in [0, 0.05) is 5.88 Å². The van der Waals surface area contributed by atoms with Crippen LogP contribution in [0.4, 0.5) is 0 Å². The van der Waals surface area contributed by atoms with Gasteiger partial charge in [-0.15, -0.1) is 11.6 Å². The van der Waals surface area contributed by atoms with Gasteiger partial charge in [-0.25, -0.2) is 4.21 Å². The molecule has 0 aliphatic carbocycles. The first-order chi connectivity index (χ1) is 9.95. The Balaban J connectivity index is 2.77. The Labute approximate surface area is 136 Å². The van der Waals surface area contributed by atoms with Crippen molar-refractivity contribution in [2.45, 2.75) is 57.6 Å². The lowest BCUT2D eigenvalue weighted by Crippen LogP contribution is -2.21. The van der Waals surface area contributed by atoms with E-state index in [4.69, 9.17) is 11.6 Å². The predicted octanol–water partition coefficient (Wildman–Crippen LogP) is 5.13. The molecule has 0 N–H and O–H groups in total. The van der Waals surface area contributed by atoms with E-state index < -0.39 is 11.0 Å². The van der Waals surface area contributed by atoms with Crippen LogP contribution in [0.3, 0.4) is 0 Å². The molecule has 21 heavy (non-hydrogen) atoms. The molecule has 0 aromatic heterocycles. The summed E-state index contributed by atoms with van der Waals surface area (Å²) >= 11 is 5.69. The fourth-order valence-electron chi connectivity index (χ4n) is 1.85. The maximum Gasteiger partial charge on any atom is 0.145 e. The van der Waals surface area contributed by atoms with Crippen LogP contribution in [-0.4, -0.2) is 20.5 Å². The molecule has 0 bridgehead atoms. The second kappa shape index (κ2) is 9.37. The Morgan fingerprint density at radius 2 is 1.71 bits per heavy atom. The Kier molecular flexibility index (Phi) is 8.20. The van der Waals surface area contributed by atoms with E-state index in [-0.39, 0.29) is 4.75 Å². The van der Waals surface area contributed by atoms with Gasteiger partial charge in [0.1, 0.15) is 11.0 Å². The molecule has 1 aromatic rings. The molecule has 0 unspecified atom stereocenters. The van der Waals surface area contributed by atoms with Crippen molar-refractivity contribution in [3.63, 3.8) is 0 Å². The van der Waals surface area contributed by atoms with Crippen LogP contribution < -0.4 is 0 Å². The SMILES string of the molecule is CC(C)(C)[S@](=O)/N=C(\CCCCCCCl)c1ccccc1. The normalized spacial score (nSPS) is 14.2. The van der Waals surface area contributed by atoms with E-state index in [2.05, 4.69) is 4.40 Å². The van der Waals surface area contributed by atoms with Crippen molar-refractivity contribution in [2.75, 3.05) is 5.88 Å². The highest BCUT2D eigenvalue weighted by Gasteiger charge is 2.20. The van der Waals surface area contributed by atoms with E-state index >= 15 is 0 Å². The van der Waals surface area contributed by atoms with Gasteiger partial charge in [-0.1, -0.05) is 43.2 Å². The maximum absolute atomic E-state index is 12.3. The molecule has 0 aliphatic rings. The number of halogens is 1. The van der Waals surface area contributed by atoms with Crippen LogP contribution >= 0.6 is 11.6 Å². The number of hydrogen-bond acceptors (Lipinski definition) is 1. The van der Waals surface area contributed by atoms with Gasteiger partial charge in [-0.2, -0.15) is 4.40 Å². The van der Waals surface area contributed by atoms with E-state index in [1.807, 2.05) is 51.1 Å². The van der Waals surface area contributed by atoms with Gasteiger partial charge in [0.15, 0.2) is 0 Å². The van der Waals surface area contributed by atoms with E-state index in [0.717, 1.165) is 49.3 Å². The van der Waals surface area contributed by atoms with Crippen molar-refractivity contribution in [3.05, 3.63) is 35.9 Å². The third kappa shape index (κ3) is 7.23. The van der Waals surface area contributed by atoms with E-state index in [1.54, 1.807) is 0 Å². The van der Waals surface area contributed by atoms with Gasteiger partial charge >= 0.3 is 0 Å². The fourth-order valence-corrected chi connectivity index (χ4v) is 2.71. The molecule has 0 amide bonds. The molecule has 0 radical (unpaired) electrons. The minimum atomic E-state index is -1.21. The molecule has 1 rings (SSSR count). The van der Waals surface area contributed by atoms with Gasteiger partial charge < -0.3 is 0 Å². The molecule has 1 atom stereocenters. The first kappa shape index (κ1) is 18.4. The largest absolute Gasteiger partial charge is 0.234 e. The molecule has 0 heterocycles. The van der Waals surface area contributed by atoms with Crippen LogP contribution in [0.25, 0.3) is 0 Å². The number of unbranched alkanes of at least 4 members (excludes halogenated alkanes) is 3. The third-order valence-electron chi connectivity index (χ3n) is 3.12. The van der Waals surface area contributed by atoms with Gasteiger partial charge in [0.05, 0.1) is 10.5 Å². The highest BCUT2D eigenvalue weighted by molar-refractivity contribution is 7.85. The molecular weight excluding hydrogens is 302 g/mol. The third-order valence-corrected chi connectivity index (χ3v) is 4.82. The van der Waals surface area contributed by atoms with Crippen LogP contribution in [0.2, 0.25) is 0 Å². The van der Waals surface area contributed by atoms with E-state index in [1.165, 1.54) is 0 Å². The summed E-state index contributed by atoms with van der Waals surface area (Å²) in [6.07, 6.45) is 5.28. The second-order valence-electron chi connectivity index (χ2n) is 6.12. The van der Waals surface area contributed by atoms with Crippen LogP contribution in [-0.2, 0) is 11.0 Å². The van der Waals surface area contributed by atoms with Gasteiger partial charge in [0.25, 0.3) is 0 Å². The second-order valence-corrected chi connectivity index (χ2v) is 8.40. The molecule has 4 heteroatoms. The fraction of sp³-hybridized carbons (Fsp3) is 0.588. The number of benzene rings is 1. The minimum absolute atomic E-state index is 0.321.